The standard InChI is InChI=1S/C21H25N5O3/c1-21(2,3)20-22-12-15(13-23-20)24-17(27)6-5-7-18-25-19(26-29-18)14-8-10-16(28-4)11-9-14/h8-13H,5-7H2,1-4H3,(H,24,27). The lowest BCUT2D eigenvalue weighted by molar-refractivity contribution is -0.116. The molecule has 0 atom stereocenters. The number of hydrogen-bond donors (Lipinski definition) is 1. The maximum Gasteiger partial charge on any atom is 0.226 e. The Balaban J connectivity index is 1.47. The second-order valence-electron chi connectivity index (χ2n) is 7.69. The van der Waals surface area contributed by atoms with Gasteiger partial charge in [-0.3, -0.25) is 4.79 Å². The number of methoxy groups -OCH3 is 1. The number of benzene rings is 1. The van der Waals surface area contributed by atoms with E-state index in [0.717, 1.165) is 17.1 Å². The summed E-state index contributed by atoms with van der Waals surface area (Å²) in [7, 11) is 1.62. The van der Waals surface area contributed by atoms with Crippen LogP contribution in [0.3, 0.4) is 0 Å². The molecule has 29 heavy (non-hydrogen) atoms. The number of aromatic nitrogens is 4. The topological polar surface area (TPSA) is 103 Å². The highest BCUT2D eigenvalue weighted by Crippen LogP contribution is 2.20. The molecular weight excluding hydrogens is 370 g/mol. The molecule has 0 bridgehead atoms. The van der Waals surface area contributed by atoms with Gasteiger partial charge in [-0.15, -0.1) is 0 Å². The summed E-state index contributed by atoms with van der Waals surface area (Å²) in [5, 5.41) is 6.80. The fourth-order valence-corrected chi connectivity index (χ4v) is 2.62. The number of hydrogen-bond acceptors (Lipinski definition) is 7. The van der Waals surface area contributed by atoms with E-state index in [1.165, 1.54) is 0 Å². The molecular formula is C21H25N5O3. The number of amides is 1. The molecule has 3 aromatic rings. The van der Waals surface area contributed by atoms with E-state index < -0.39 is 0 Å². The first-order chi connectivity index (χ1) is 13.8. The fourth-order valence-electron chi connectivity index (χ4n) is 2.62. The van der Waals surface area contributed by atoms with Crippen LogP contribution in [0.5, 0.6) is 5.75 Å². The van der Waals surface area contributed by atoms with Crippen LogP contribution in [0.2, 0.25) is 0 Å². The van der Waals surface area contributed by atoms with Gasteiger partial charge in [-0.1, -0.05) is 25.9 Å². The van der Waals surface area contributed by atoms with Crippen LogP contribution >= 0.6 is 0 Å². The Morgan fingerprint density at radius 1 is 1.14 bits per heavy atom. The van der Waals surface area contributed by atoms with Crippen LogP contribution in [0, 0.1) is 0 Å². The molecule has 8 heteroatoms. The Morgan fingerprint density at radius 3 is 2.45 bits per heavy atom. The molecule has 0 aliphatic rings. The molecule has 0 radical (unpaired) electrons. The zero-order chi connectivity index (χ0) is 20.9. The molecule has 2 aromatic heterocycles. The largest absolute Gasteiger partial charge is 0.497 e. The Hall–Kier alpha value is -3.29. The fraction of sp³-hybridized carbons (Fsp3) is 0.381. The number of anilines is 1. The van der Waals surface area contributed by atoms with Gasteiger partial charge in [-0.25, -0.2) is 9.97 Å². The molecule has 8 nitrogen and oxygen atoms in total. The van der Waals surface area contributed by atoms with Gasteiger partial charge in [0, 0.05) is 23.8 Å². The third-order valence-corrected chi connectivity index (χ3v) is 4.22. The number of rotatable bonds is 7. The van der Waals surface area contributed by atoms with Gasteiger partial charge in [0.05, 0.1) is 25.2 Å². The smallest absolute Gasteiger partial charge is 0.226 e. The Labute approximate surface area is 169 Å². The number of aryl methyl sites for hydroxylation is 1. The van der Waals surface area contributed by atoms with Gasteiger partial charge >= 0.3 is 0 Å². The summed E-state index contributed by atoms with van der Waals surface area (Å²) in [5.74, 6) is 2.41. The lowest BCUT2D eigenvalue weighted by Crippen LogP contribution is -2.17. The maximum atomic E-state index is 12.1. The van der Waals surface area contributed by atoms with E-state index in [2.05, 4.69) is 25.4 Å². The average Bonchev–Trinajstić information content (AvgIpc) is 3.16. The van der Waals surface area contributed by atoms with E-state index in [1.807, 2.05) is 45.0 Å². The predicted molar refractivity (Wildman–Crippen MR) is 109 cm³/mol. The van der Waals surface area contributed by atoms with Crippen LogP contribution in [-0.2, 0) is 16.6 Å². The zero-order valence-corrected chi connectivity index (χ0v) is 17.1. The van der Waals surface area contributed by atoms with Gasteiger partial charge < -0.3 is 14.6 Å². The lowest BCUT2D eigenvalue weighted by atomic mass is 9.96. The maximum absolute atomic E-state index is 12.1. The van der Waals surface area contributed by atoms with Crippen molar-refractivity contribution in [3.05, 3.63) is 48.4 Å². The summed E-state index contributed by atoms with van der Waals surface area (Å²) < 4.78 is 10.4. The van der Waals surface area contributed by atoms with E-state index in [1.54, 1.807) is 19.5 Å². The minimum Gasteiger partial charge on any atom is -0.497 e. The molecule has 152 valence electrons. The summed E-state index contributed by atoms with van der Waals surface area (Å²) in [5.41, 5.74) is 1.30. The summed E-state index contributed by atoms with van der Waals surface area (Å²) in [6.45, 7) is 6.12. The van der Waals surface area contributed by atoms with Crippen molar-refractivity contribution in [1.29, 1.82) is 0 Å². The predicted octanol–water partition coefficient (Wildman–Crippen LogP) is 3.79. The Bertz CT molecular complexity index is 944. The first kappa shape index (κ1) is 20.4. The molecule has 0 fully saturated rings. The first-order valence-electron chi connectivity index (χ1n) is 9.44. The average molecular weight is 395 g/mol. The molecule has 0 spiro atoms. The summed E-state index contributed by atoms with van der Waals surface area (Å²) >= 11 is 0. The van der Waals surface area contributed by atoms with Gasteiger partial charge in [-0.2, -0.15) is 4.98 Å². The van der Waals surface area contributed by atoms with E-state index >= 15 is 0 Å². The van der Waals surface area contributed by atoms with Gasteiger partial charge in [0.15, 0.2) is 0 Å². The highest BCUT2D eigenvalue weighted by Gasteiger charge is 2.17. The summed E-state index contributed by atoms with van der Waals surface area (Å²) in [4.78, 5) is 25.1. The van der Waals surface area contributed by atoms with Crippen LogP contribution in [-0.4, -0.2) is 33.1 Å². The van der Waals surface area contributed by atoms with Crippen LogP contribution in [0.4, 0.5) is 5.69 Å². The van der Waals surface area contributed by atoms with Crippen LogP contribution in [0.1, 0.15) is 45.3 Å². The van der Waals surface area contributed by atoms with Crippen molar-refractivity contribution in [2.24, 2.45) is 0 Å². The normalized spacial score (nSPS) is 11.3. The highest BCUT2D eigenvalue weighted by atomic mass is 16.5. The SMILES string of the molecule is COc1ccc(-c2noc(CCCC(=O)Nc3cnc(C(C)(C)C)nc3)n2)cc1. The van der Waals surface area contributed by atoms with Crippen molar-refractivity contribution in [2.45, 2.75) is 45.4 Å². The molecule has 3 rings (SSSR count). The van der Waals surface area contributed by atoms with Gasteiger partial charge in [0.2, 0.25) is 17.6 Å². The van der Waals surface area contributed by atoms with Crippen molar-refractivity contribution >= 4 is 11.6 Å². The van der Waals surface area contributed by atoms with Crippen molar-refractivity contribution in [1.82, 2.24) is 20.1 Å². The summed E-state index contributed by atoms with van der Waals surface area (Å²) in [6.07, 6.45) is 4.71. The van der Waals surface area contributed by atoms with Gasteiger partial charge in [0.25, 0.3) is 0 Å². The molecule has 0 aliphatic heterocycles. The molecule has 1 amide bonds. The Morgan fingerprint density at radius 2 is 1.83 bits per heavy atom. The molecule has 1 aromatic carbocycles. The quantitative estimate of drug-likeness (QED) is 0.649. The van der Waals surface area contributed by atoms with E-state index in [4.69, 9.17) is 9.26 Å². The Kier molecular flexibility index (Phi) is 6.21. The summed E-state index contributed by atoms with van der Waals surface area (Å²) in [6, 6.07) is 7.42. The zero-order valence-electron chi connectivity index (χ0n) is 17.1. The van der Waals surface area contributed by atoms with E-state index in [0.29, 0.717) is 36.7 Å². The van der Waals surface area contributed by atoms with Crippen molar-refractivity contribution < 1.29 is 14.1 Å². The van der Waals surface area contributed by atoms with E-state index in [9.17, 15) is 4.79 Å². The molecule has 0 saturated heterocycles. The molecule has 0 saturated carbocycles. The minimum absolute atomic E-state index is 0.105. The number of ether oxygens (including phenoxy) is 1. The highest BCUT2D eigenvalue weighted by molar-refractivity contribution is 5.90. The van der Waals surface area contributed by atoms with Crippen molar-refractivity contribution in [2.75, 3.05) is 12.4 Å². The molecule has 1 N–H and O–H groups in total. The second kappa shape index (κ2) is 8.81. The minimum atomic E-state index is -0.128. The molecule has 0 unspecified atom stereocenters. The van der Waals surface area contributed by atoms with Crippen molar-refractivity contribution in [3.63, 3.8) is 0 Å². The van der Waals surface area contributed by atoms with E-state index in [-0.39, 0.29) is 11.3 Å². The monoisotopic (exact) mass is 395 g/mol. The number of nitrogens with one attached hydrogen (secondary N) is 1. The van der Waals surface area contributed by atoms with Gasteiger partial charge in [0.1, 0.15) is 11.6 Å². The lowest BCUT2D eigenvalue weighted by Gasteiger charge is -2.16. The number of carbonyl (C=O) groups is 1. The number of carbonyl (C=O) groups excluding carboxylic acids is 1. The van der Waals surface area contributed by atoms with Crippen LogP contribution in [0.15, 0.2) is 41.2 Å². The second-order valence-corrected chi connectivity index (χ2v) is 7.69. The van der Waals surface area contributed by atoms with Crippen molar-refractivity contribution in [3.8, 4) is 17.1 Å². The third-order valence-electron chi connectivity index (χ3n) is 4.22. The molecule has 2 heterocycles. The van der Waals surface area contributed by atoms with Crippen LogP contribution in [0.25, 0.3) is 11.4 Å². The third kappa shape index (κ3) is 5.60. The first-order valence-corrected chi connectivity index (χ1v) is 9.44. The van der Waals surface area contributed by atoms with Gasteiger partial charge in [-0.05, 0) is 30.7 Å². The number of nitrogens with zero attached hydrogens (tertiary/aromatic N) is 4. The van der Waals surface area contributed by atoms with Crippen LogP contribution < -0.4 is 10.1 Å². The molecule has 0 aliphatic carbocycles.